The van der Waals surface area contributed by atoms with Crippen LogP contribution in [0.25, 0.3) is 0 Å². The molecular formula is C18H28N2O2. The number of rotatable bonds is 5. The average molecular weight is 304 g/mol. The normalized spacial score (nSPS) is 23.1. The first-order chi connectivity index (χ1) is 10.7. The predicted molar refractivity (Wildman–Crippen MR) is 86.5 cm³/mol. The zero-order chi connectivity index (χ0) is 15.4. The summed E-state index contributed by atoms with van der Waals surface area (Å²) in [5.74, 6) is 3.08. The lowest BCUT2D eigenvalue weighted by atomic mass is 9.93. The fraction of sp³-hybridized carbons (Fsp3) is 0.722. The molecule has 4 heteroatoms. The van der Waals surface area contributed by atoms with Gasteiger partial charge in [0, 0.05) is 26.1 Å². The van der Waals surface area contributed by atoms with Crippen LogP contribution < -0.4 is 0 Å². The van der Waals surface area contributed by atoms with Gasteiger partial charge in [0.1, 0.15) is 11.5 Å². The molecule has 0 spiro atoms. The lowest BCUT2D eigenvalue weighted by Crippen LogP contribution is -2.35. The zero-order valence-corrected chi connectivity index (χ0v) is 13.7. The number of amides is 1. The molecule has 1 aromatic heterocycles. The highest BCUT2D eigenvalue weighted by atomic mass is 16.3. The van der Waals surface area contributed by atoms with Crippen LogP contribution in [0.2, 0.25) is 0 Å². The first-order valence-corrected chi connectivity index (χ1v) is 8.76. The molecule has 2 aliphatic heterocycles. The van der Waals surface area contributed by atoms with Crippen LogP contribution in [0.4, 0.5) is 0 Å². The number of likely N-dealkylation sites (tertiary alicyclic amines) is 2. The molecule has 0 unspecified atom stereocenters. The van der Waals surface area contributed by atoms with Crippen molar-refractivity contribution in [1.82, 2.24) is 9.80 Å². The summed E-state index contributed by atoms with van der Waals surface area (Å²) in [6.45, 7) is 7.11. The van der Waals surface area contributed by atoms with E-state index in [0.29, 0.717) is 11.8 Å². The van der Waals surface area contributed by atoms with E-state index in [-0.39, 0.29) is 0 Å². The van der Waals surface area contributed by atoms with Crippen LogP contribution in [0.3, 0.4) is 0 Å². The van der Waals surface area contributed by atoms with Gasteiger partial charge in [0.2, 0.25) is 5.91 Å². The molecule has 0 saturated carbocycles. The van der Waals surface area contributed by atoms with Gasteiger partial charge in [0.05, 0.1) is 6.54 Å². The Morgan fingerprint density at radius 1 is 1.23 bits per heavy atom. The van der Waals surface area contributed by atoms with Gasteiger partial charge in [-0.15, -0.1) is 0 Å². The van der Waals surface area contributed by atoms with Crippen molar-refractivity contribution in [3.63, 3.8) is 0 Å². The lowest BCUT2D eigenvalue weighted by Gasteiger charge is -2.32. The van der Waals surface area contributed by atoms with Crippen LogP contribution in [0.1, 0.15) is 50.0 Å². The second-order valence-electron chi connectivity index (χ2n) is 6.88. The van der Waals surface area contributed by atoms with E-state index in [2.05, 4.69) is 11.0 Å². The van der Waals surface area contributed by atoms with Crippen LogP contribution >= 0.6 is 0 Å². The summed E-state index contributed by atoms with van der Waals surface area (Å²) < 4.78 is 5.68. The summed E-state index contributed by atoms with van der Waals surface area (Å²) in [7, 11) is 0. The SMILES string of the molecule is Cc1ccc(CN2CCC[C@@H](CCC(=O)N3CCCC3)C2)o1. The maximum absolute atomic E-state index is 12.2. The van der Waals surface area contributed by atoms with Crippen LogP contribution in [-0.4, -0.2) is 41.9 Å². The van der Waals surface area contributed by atoms with Gasteiger partial charge in [0.15, 0.2) is 0 Å². The van der Waals surface area contributed by atoms with Crippen molar-refractivity contribution in [3.8, 4) is 0 Å². The van der Waals surface area contributed by atoms with E-state index in [9.17, 15) is 4.79 Å². The molecule has 1 atom stereocenters. The Morgan fingerprint density at radius 2 is 2.05 bits per heavy atom. The third kappa shape index (κ3) is 4.13. The molecule has 122 valence electrons. The number of aryl methyl sites for hydroxylation is 1. The van der Waals surface area contributed by atoms with Crippen molar-refractivity contribution in [2.45, 2.75) is 52.0 Å². The minimum atomic E-state index is 0.372. The van der Waals surface area contributed by atoms with Gasteiger partial charge in [-0.2, -0.15) is 0 Å². The van der Waals surface area contributed by atoms with Gasteiger partial charge in [-0.1, -0.05) is 0 Å². The second-order valence-corrected chi connectivity index (χ2v) is 6.88. The van der Waals surface area contributed by atoms with E-state index in [1.165, 1.54) is 25.7 Å². The predicted octanol–water partition coefficient (Wildman–Crippen LogP) is 3.20. The standard InChI is InChI=1S/C18H28N2O2/c1-15-6-8-17(22-15)14-19-10-4-5-16(13-19)7-9-18(21)20-11-2-3-12-20/h6,8,16H,2-5,7,9-14H2,1H3/t16-/m0/s1. The molecule has 0 aromatic carbocycles. The molecule has 0 radical (unpaired) electrons. The average Bonchev–Trinajstić information content (AvgIpc) is 3.17. The topological polar surface area (TPSA) is 36.7 Å². The zero-order valence-electron chi connectivity index (χ0n) is 13.7. The van der Waals surface area contributed by atoms with E-state index in [1.54, 1.807) is 0 Å². The minimum Gasteiger partial charge on any atom is -0.465 e. The molecule has 2 aliphatic rings. The quantitative estimate of drug-likeness (QED) is 0.838. The van der Waals surface area contributed by atoms with Crippen molar-refractivity contribution in [1.29, 1.82) is 0 Å². The lowest BCUT2D eigenvalue weighted by molar-refractivity contribution is -0.130. The van der Waals surface area contributed by atoms with Crippen molar-refractivity contribution in [2.24, 2.45) is 5.92 Å². The highest BCUT2D eigenvalue weighted by molar-refractivity contribution is 5.76. The van der Waals surface area contributed by atoms with Gasteiger partial charge in [-0.05, 0) is 63.6 Å². The fourth-order valence-corrected chi connectivity index (χ4v) is 3.77. The Morgan fingerprint density at radius 3 is 2.77 bits per heavy atom. The number of hydrogen-bond donors (Lipinski definition) is 0. The van der Waals surface area contributed by atoms with Crippen molar-refractivity contribution < 1.29 is 9.21 Å². The fourth-order valence-electron chi connectivity index (χ4n) is 3.77. The molecule has 1 aromatic rings. The molecule has 22 heavy (non-hydrogen) atoms. The molecule has 2 fully saturated rings. The maximum Gasteiger partial charge on any atom is 0.222 e. The smallest absolute Gasteiger partial charge is 0.222 e. The van der Waals surface area contributed by atoms with Gasteiger partial charge in [-0.3, -0.25) is 9.69 Å². The Bertz CT molecular complexity index is 491. The van der Waals surface area contributed by atoms with Crippen LogP contribution in [0.5, 0.6) is 0 Å². The van der Waals surface area contributed by atoms with Gasteiger partial charge in [-0.25, -0.2) is 0 Å². The summed E-state index contributed by atoms with van der Waals surface area (Å²) in [5, 5.41) is 0. The number of carbonyl (C=O) groups is 1. The molecule has 4 nitrogen and oxygen atoms in total. The van der Waals surface area contributed by atoms with Crippen LogP contribution in [-0.2, 0) is 11.3 Å². The highest BCUT2D eigenvalue weighted by Gasteiger charge is 2.23. The summed E-state index contributed by atoms with van der Waals surface area (Å²) >= 11 is 0. The van der Waals surface area contributed by atoms with Crippen LogP contribution in [0, 0.1) is 12.8 Å². The van der Waals surface area contributed by atoms with E-state index >= 15 is 0 Å². The summed E-state index contributed by atoms with van der Waals surface area (Å²) in [6.07, 6.45) is 6.65. The molecule has 1 amide bonds. The maximum atomic E-state index is 12.2. The van der Waals surface area contributed by atoms with Gasteiger partial charge < -0.3 is 9.32 Å². The third-order valence-corrected chi connectivity index (χ3v) is 5.00. The van der Waals surface area contributed by atoms with E-state index < -0.39 is 0 Å². The first kappa shape index (κ1) is 15.6. The van der Waals surface area contributed by atoms with Gasteiger partial charge in [0.25, 0.3) is 0 Å². The van der Waals surface area contributed by atoms with Gasteiger partial charge >= 0.3 is 0 Å². The molecule has 0 aliphatic carbocycles. The third-order valence-electron chi connectivity index (χ3n) is 5.00. The largest absolute Gasteiger partial charge is 0.465 e. The number of nitrogens with zero attached hydrogens (tertiary/aromatic N) is 2. The molecule has 0 N–H and O–H groups in total. The number of carbonyl (C=O) groups excluding carboxylic acids is 1. The number of hydrogen-bond acceptors (Lipinski definition) is 3. The summed E-state index contributed by atoms with van der Waals surface area (Å²) in [4.78, 5) is 16.7. The van der Waals surface area contributed by atoms with Crippen molar-refractivity contribution >= 4 is 5.91 Å². The Labute approximate surface area is 133 Å². The van der Waals surface area contributed by atoms with E-state index in [4.69, 9.17) is 4.42 Å². The molecule has 3 heterocycles. The first-order valence-electron chi connectivity index (χ1n) is 8.76. The minimum absolute atomic E-state index is 0.372. The van der Waals surface area contributed by atoms with Crippen molar-refractivity contribution in [2.75, 3.05) is 26.2 Å². The molecule has 0 bridgehead atoms. The Kier molecular flexibility index (Phi) is 5.19. The van der Waals surface area contributed by atoms with E-state index in [1.807, 2.05) is 17.9 Å². The molecule has 2 saturated heterocycles. The number of piperidine rings is 1. The summed E-state index contributed by atoms with van der Waals surface area (Å²) in [5.41, 5.74) is 0. The summed E-state index contributed by atoms with van der Waals surface area (Å²) in [6, 6.07) is 4.11. The van der Waals surface area contributed by atoms with E-state index in [0.717, 1.165) is 57.1 Å². The monoisotopic (exact) mass is 304 g/mol. The molecule has 3 rings (SSSR count). The van der Waals surface area contributed by atoms with Crippen molar-refractivity contribution in [3.05, 3.63) is 23.7 Å². The second kappa shape index (κ2) is 7.32. The Balaban J connectivity index is 1.43. The number of furan rings is 1. The highest BCUT2D eigenvalue weighted by Crippen LogP contribution is 2.23. The van der Waals surface area contributed by atoms with Crippen LogP contribution in [0.15, 0.2) is 16.5 Å². The Hall–Kier alpha value is -1.29. The molecular weight excluding hydrogens is 276 g/mol.